The lowest BCUT2D eigenvalue weighted by atomic mass is 10.0. The Morgan fingerprint density at radius 2 is 2.09 bits per heavy atom. The predicted molar refractivity (Wildman–Crippen MR) is 88.6 cm³/mol. The maximum atomic E-state index is 11.8. The van der Waals surface area contributed by atoms with Crippen LogP contribution in [0.5, 0.6) is 0 Å². The summed E-state index contributed by atoms with van der Waals surface area (Å²) in [4.78, 5) is 14.2. The van der Waals surface area contributed by atoms with E-state index < -0.39 is 5.97 Å². The summed E-state index contributed by atoms with van der Waals surface area (Å²) < 4.78 is 2.27. The van der Waals surface area contributed by atoms with Crippen LogP contribution in [0, 0.1) is 6.92 Å². The molecule has 2 heterocycles. The van der Waals surface area contributed by atoms with Crippen molar-refractivity contribution >= 4 is 16.9 Å². The average molecular weight is 300 g/mol. The van der Waals surface area contributed by atoms with Crippen LogP contribution in [0.2, 0.25) is 0 Å². The van der Waals surface area contributed by atoms with Crippen LogP contribution < -0.4 is 0 Å². The molecule has 1 aliphatic rings. The van der Waals surface area contributed by atoms with Gasteiger partial charge >= 0.3 is 5.97 Å². The maximum Gasteiger partial charge on any atom is 0.338 e. The zero-order valence-electron chi connectivity index (χ0n) is 13.6. The first kappa shape index (κ1) is 15.1. The molecule has 0 fully saturated rings. The highest BCUT2D eigenvalue weighted by Gasteiger charge is 2.26. The fourth-order valence-corrected chi connectivity index (χ4v) is 3.71. The molecule has 1 aliphatic heterocycles. The van der Waals surface area contributed by atoms with E-state index in [-0.39, 0.29) is 0 Å². The van der Waals surface area contributed by atoms with Crippen LogP contribution in [-0.2, 0) is 19.5 Å². The normalized spacial score (nSPS) is 15.2. The smallest absolute Gasteiger partial charge is 0.338 e. The Kier molecular flexibility index (Phi) is 3.96. The average Bonchev–Trinajstić information content (AvgIpc) is 2.80. The first-order valence-electron chi connectivity index (χ1n) is 8.17. The molecule has 0 atom stereocenters. The molecule has 0 bridgehead atoms. The minimum Gasteiger partial charge on any atom is -0.478 e. The summed E-state index contributed by atoms with van der Waals surface area (Å²) in [6, 6.07) is 4.06. The highest BCUT2D eigenvalue weighted by atomic mass is 16.4. The van der Waals surface area contributed by atoms with Crippen LogP contribution >= 0.6 is 0 Å². The number of carbonyl (C=O) groups is 1. The molecular weight excluding hydrogens is 276 g/mol. The largest absolute Gasteiger partial charge is 0.478 e. The van der Waals surface area contributed by atoms with Crippen LogP contribution in [0.25, 0.3) is 10.9 Å². The van der Waals surface area contributed by atoms with Gasteiger partial charge in [-0.05, 0) is 31.0 Å². The summed E-state index contributed by atoms with van der Waals surface area (Å²) >= 11 is 0. The van der Waals surface area contributed by atoms with Crippen LogP contribution in [-0.4, -0.2) is 33.6 Å². The predicted octanol–water partition coefficient (Wildman–Crippen LogP) is 3.44. The molecular formula is C18H24N2O2. The van der Waals surface area contributed by atoms with E-state index >= 15 is 0 Å². The van der Waals surface area contributed by atoms with E-state index in [1.54, 1.807) is 0 Å². The quantitative estimate of drug-likeness (QED) is 0.941. The Bertz CT molecular complexity index is 730. The number of fused-ring (bicyclic) bond motifs is 3. The van der Waals surface area contributed by atoms with Crippen molar-refractivity contribution < 1.29 is 9.90 Å². The summed E-state index contributed by atoms with van der Waals surface area (Å²) in [5.41, 5.74) is 4.92. The van der Waals surface area contributed by atoms with Crippen LogP contribution in [0.1, 0.15) is 47.4 Å². The second-order valence-electron chi connectivity index (χ2n) is 6.15. The Labute approximate surface area is 131 Å². The first-order valence-corrected chi connectivity index (χ1v) is 8.17. The number of carboxylic acid groups (broad SMARTS) is 1. The van der Waals surface area contributed by atoms with Gasteiger partial charge in [0.25, 0.3) is 0 Å². The lowest BCUT2D eigenvalue weighted by molar-refractivity contribution is 0.0698. The van der Waals surface area contributed by atoms with Gasteiger partial charge in [0.2, 0.25) is 0 Å². The number of aromatic carboxylic acids is 1. The molecule has 2 aromatic rings. The zero-order chi connectivity index (χ0) is 15.9. The molecule has 0 amide bonds. The lowest BCUT2D eigenvalue weighted by Crippen LogP contribution is -2.30. The van der Waals surface area contributed by atoms with E-state index in [1.165, 1.54) is 11.3 Å². The fraction of sp³-hybridized carbons (Fsp3) is 0.500. The second-order valence-corrected chi connectivity index (χ2v) is 6.15. The van der Waals surface area contributed by atoms with E-state index in [2.05, 4.69) is 29.4 Å². The van der Waals surface area contributed by atoms with Gasteiger partial charge in [0, 0.05) is 37.1 Å². The zero-order valence-corrected chi connectivity index (χ0v) is 13.6. The number of nitrogens with zero attached hydrogens (tertiary/aromatic N) is 2. The molecule has 0 aliphatic carbocycles. The molecule has 4 heteroatoms. The Hall–Kier alpha value is -1.81. The van der Waals surface area contributed by atoms with Gasteiger partial charge in [-0.2, -0.15) is 0 Å². The maximum absolute atomic E-state index is 11.8. The number of carboxylic acids is 1. The van der Waals surface area contributed by atoms with Crippen molar-refractivity contribution in [2.24, 2.45) is 0 Å². The van der Waals surface area contributed by atoms with Gasteiger partial charge in [0.05, 0.1) is 11.1 Å². The minimum atomic E-state index is -0.817. The van der Waals surface area contributed by atoms with E-state index in [1.807, 2.05) is 13.0 Å². The molecule has 1 aromatic heterocycles. The van der Waals surface area contributed by atoms with Gasteiger partial charge in [-0.25, -0.2) is 4.79 Å². The molecule has 3 rings (SSSR count). The third kappa shape index (κ3) is 2.22. The molecule has 118 valence electrons. The molecule has 0 unspecified atom stereocenters. The van der Waals surface area contributed by atoms with Crippen molar-refractivity contribution in [3.8, 4) is 0 Å². The SMILES string of the molecule is CCCn1c2c(c3ccc(C)c(C(=O)O)c31)CN(CC)CC2. The van der Waals surface area contributed by atoms with E-state index in [9.17, 15) is 9.90 Å². The monoisotopic (exact) mass is 300 g/mol. The third-order valence-electron chi connectivity index (χ3n) is 4.81. The van der Waals surface area contributed by atoms with E-state index in [0.717, 1.165) is 55.5 Å². The Morgan fingerprint density at radius 1 is 1.32 bits per heavy atom. The summed E-state index contributed by atoms with van der Waals surface area (Å²) in [5, 5.41) is 10.8. The molecule has 1 N–H and O–H groups in total. The van der Waals surface area contributed by atoms with Gasteiger partial charge in [-0.3, -0.25) is 4.90 Å². The van der Waals surface area contributed by atoms with Gasteiger partial charge < -0.3 is 9.67 Å². The standard InChI is InChI=1S/C18H24N2O2/c1-4-9-20-15-8-10-19(5-2)11-14(15)13-7-6-12(3)16(17(13)20)18(21)22/h6-7H,4-5,8-11H2,1-3H3,(H,21,22). The lowest BCUT2D eigenvalue weighted by Gasteiger charge is -2.26. The van der Waals surface area contributed by atoms with Crippen molar-refractivity contribution in [1.29, 1.82) is 0 Å². The van der Waals surface area contributed by atoms with Gasteiger partial charge in [0.15, 0.2) is 0 Å². The second kappa shape index (κ2) is 5.76. The summed E-state index contributed by atoms with van der Waals surface area (Å²) in [5.74, 6) is -0.817. The van der Waals surface area contributed by atoms with Crippen molar-refractivity contribution in [2.45, 2.75) is 46.7 Å². The summed E-state index contributed by atoms with van der Waals surface area (Å²) in [7, 11) is 0. The topological polar surface area (TPSA) is 45.5 Å². The molecule has 22 heavy (non-hydrogen) atoms. The highest BCUT2D eigenvalue weighted by Crippen LogP contribution is 2.34. The number of aromatic nitrogens is 1. The molecule has 0 spiro atoms. The van der Waals surface area contributed by atoms with E-state index in [0.29, 0.717) is 5.56 Å². The van der Waals surface area contributed by atoms with Crippen LogP contribution in [0.3, 0.4) is 0 Å². The van der Waals surface area contributed by atoms with Crippen molar-refractivity contribution in [2.75, 3.05) is 13.1 Å². The van der Waals surface area contributed by atoms with Crippen molar-refractivity contribution in [1.82, 2.24) is 9.47 Å². The minimum absolute atomic E-state index is 0.475. The molecule has 0 saturated heterocycles. The number of rotatable bonds is 4. The van der Waals surface area contributed by atoms with Gasteiger partial charge in [-0.1, -0.05) is 26.0 Å². The highest BCUT2D eigenvalue weighted by molar-refractivity contribution is 6.05. The van der Waals surface area contributed by atoms with Gasteiger partial charge in [-0.15, -0.1) is 0 Å². The van der Waals surface area contributed by atoms with Crippen LogP contribution in [0.4, 0.5) is 0 Å². The summed E-state index contributed by atoms with van der Waals surface area (Å²) in [6.45, 7) is 10.1. The Morgan fingerprint density at radius 3 is 2.73 bits per heavy atom. The molecule has 4 nitrogen and oxygen atoms in total. The molecule has 0 radical (unpaired) electrons. The third-order valence-corrected chi connectivity index (χ3v) is 4.81. The van der Waals surface area contributed by atoms with Crippen molar-refractivity contribution in [3.63, 3.8) is 0 Å². The van der Waals surface area contributed by atoms with Gasteiger partial charge in [0.1, 0.15) is 0 Å². The number of benzene rings is 1. The fourth-order valence-electron chi connectivity index (χ4n) is 3.71. The molecule has 1 aromatic carbocycles. The number of hydrogen-bond acceptors (Lipinski definition) is 2. The Balaban J connectivity index is 2.33. The summed E-state index contributed by atoms with van der Waals surface area (Å²) in [6.07, 6.45) is 2.02. The van der Waals surface area contributed by atoms with E-state index in [4.69, 9.17) is 0 Å². The van der Waals surface area contributed by atoms with Crippen LogP contribution in [0.15, 0.2) is 12.1 Å². The first-order chi connectivity index (χ1) is 10.6. The number of likely N-dealkylation sites (N-methyl/N-ethyl adjacent to an activating group) is 1. The number of hydrogen-bond donors (Lipinski definition) is 1. The molecule has 0 saturated carbocycles. The van der Waals surface area contributed by atoms with Crippen molar-refractivity contribution in [3.05, 3.63) is 34.5 Å². The number of aryl methyl sites for hydroxylation is 2.